The molecule has 184 valence electrons. The predicted octanol–water partition coefficient (Wildman–Crippen LogP) is 3.93. The second kappa shape index (κ2) is 10.2. The Balaban J connectivity index is 1.18. The SMILES string of the molecule is Cc1nc(Cl)cc(CCCCN2CCC[C@@H]2COc2cnn(C)c2-c2ccn3nc(N)cc3c2)n1. The van der Waals surface area contributed by atoms with Gasteiger partial charge in [0.15, 0.2) is 5.75 Å². The van der Waals surface area contributed by atoms with Crippen LogP contribution in [0, 0.1) is 6.92 Å². The third-order valence-corrected chi connectivity index (χ3v) is 6.77. The topological polar surface area (TPSA) is 99.4 Å². The van der Waals surface area contributed by atoms with E-state index < -0.39 is 0 Å². The third kappa shape index (κ3) is 5.41. The number of hydrogen-bond donors (Lipinski definition) is 1. The molecule has 0 amide bonds. The van der Waals surface area contributed by atoms with Crippen LogP contribution >= 0.6 is 11.6 Å². The van der Waals surface area contributed by atoms with Gasteiger partial charge in [0.05, 0.1) is 11.7 Å². The van der Waals surface area contributed by atoms with E-state index in [2.05, 4.69) is 31.1 Å². The molecule has 1 fully saturated rings. The highest BCUT2D eigenvalue weighted by Crippen LogP contribution is 2.31. The van der Waals surface area contributed by atoms with E-state index >= 15 is 0 Å². The first-order chi connectivity index (χ1) is 17.0. The summed E-state index contributed by atoms with van der Waals surface area (Å²) in [5, 5.41) is 9.23. The van der Waals surface area contributed by atoms with E-state index in [0.29, 0.717) is 23.6 Å². The summed E-state index contributed by atoms with van der Waals surface area (Å²) in [4.78, 5) is 11.2. The summed E-state index contributed by atoms with van der Waals surface area (Å²) in [6, 6.07) is 8.21. The number of aromatic nitrogens is 6. The first-order valence-electron chi connectivity index (χ1n) is 12.1. The number of nitrogens with two attached hydrogens (primary N) is 1. The molecule has 0 aromatic carbocycles. The number of halogens is 1. The van der Waals surface area contributed by atoms with Gasteiger partial charge in [0.25, 0.3) is 0 Å². The van der Waals surface area contributed by atoms with E-state index in [1.807, 2.05) is 43.0 Å². The van der Waals surface area contributed by atoms with Crippen LogP contribution in [0.25, 0.3) is 16.8 Å². The van der Waals surface area contributed by atoms with Gasteiger partial charge in [-0.25, -0.2) is 14.5 Å². The van der Waals surface area contributed by atoms with Crippen molar-refractivity contribution in [1.82, 2.24) is 34.3 Å². The van der Waals surface area contributed by atoms with Crippen molar-refractivity contribution in [1.29, 1.82) is 0 Å². The molecule has 0 saturated carbocycles. The normalized spacial score (nSPS) is 16.4. The molecule has 0 aliphatic carbocycles. The maximum absolute atomic E-state index is 6.34. The number of anilines is 1. The molecule has 4 aromatic heterocycles. The molecule has 1 aliphatic heterocycles. The third-order valence-electron chi connectivity index (χ3n) is 6.58. The quantitative estimate of drug-likeness (QED) is 0.278. The Morgan fingerprint density at radius 3 is 2.94 bits per heavy atom. The van der Waals surface area contributed by atoms with Crippen LogP contribution in [0.15, 0.2) is 36.7 Å². The number of likely N-dealkylation sites (tertiary alicyclic amines) is 1. The molecular formula is C25H31ClN8O. The van der Waals surface area contributed by atoms with E-state index in [1.54, 1.807) is 10.7 Å². The highest BCUT2D eigenvalue weighted by Gasteiger charge is 2.25. The molecule has 0 unspecified atom stereocenters. The molecule has 2 N–H and O–H groups in total. The minimum Gasteiger partial charge on any atom is -0.488 e. The average molecular weight is 495 g/mol. The summed E-state index contributed by atoms with van der Waals surface area (Å²) < 4.78 is 9.97. The molecule has 1 saturated heterocycles. The Morgan fingerprint density at radius 1 is 1.20 bits per heavy atom. The minimum absolute atomic E-state index is 0.413. The Kier molecular flexibility index (Phi) is 6.88. The zero-order valence-corrected chi connectivity index (χ0v) is 20.9. The van der Waals surface area contributed by atoms with Gasteiger partial charge in [-0.2, -0.15) is 10.2 Å². The molecule has 1 aliphatic rings. The summed E-state index contributed by atoms with van der Waals surface area (Å²) >= 11 is 6.06. The molecule has 5 heterocycles. The molecule has 5 rings (SSSR count). The van der Waals surface area contributed by atoms with Crippen molar-refractivity contribution in [3.05, 3.63) is 53.3 Å². The highest BCUT2D eigenvalue weighted by atomic mass is 35.5. The van der Waals surface area contributed by atoms with Crippen molar-refractivity contribution in [3.63, 3.8) is 0 Å². The van der Waals surface area contributed by atoms with Gasteiger partial charge in [-0.05, 0) is 70.3 Å². The predicted molar refractivity (Wildman–Crippen MR) is 137 cm³/mol. The van der Waals surface area contributed by atoms with Crippen LogP contribution < -0.4 is 10.5 Å². The Morgan fingerprint density at radius 2 is 2.09 bits per heavy atom. The molecule has 0 bridgehead atoms. The van der Waals surface area contributed by atoms with Gasteiger partial charge in [0, 0.05) is 36.6 Å². The molecule has 0 spiro atoms. The summed E-state index contributed by atoms with van der Waals surface area (Å²) in [6.07, 6.45) is 9.18. The number of ether oxygens (including phenoxy) is 1. The Labute approximate surface area is 209 Å². The van der Waals surface area contributed by atoms with E-state index in [-0.39, 0.29) is 0 Å². The number of rotatable bonds is 9. The molecule has 1 atom stereocenters. The van der Waals surface area contributed by atoms with E-state index in [1.165, 1.54) is 6.42 Å². The molecule has 9 nitrogen and oxygen atoms in total. The smallest absolute Gasteiger partial charge is 0.165 e. The van der Waals surface area contributed by atoms with Crippen molar-refractivity contribution < 1.29 is 4.74 Å². The van der Waals surface area contributed by atoms with Crippen molar-refractivity contribution in [2.45, 2.75) is 45.1 Å². The van der Waals surface area contributed by atoms with Crippen LogP contribution in [0.3, 0.4) is 0 Å². The van der Waals surface area contributed by atoms with Crippen molar-refractivity contribution >= 4 is 22.9 Å². The Bertz CT molecular complexity index is 1300. The van der Waals surface area contributed by atoms with Crippen LogP contribution in [0.1, 0.15) is 37.2 Å². The number of aryl methyl sites for hydroxylation is 3. The lowest BCUT2D eigenvalue weighted by Gasteiger charge is -2.24. The van der Waals surface area contributed by atoms with Crippen LogP contribution in [-0.2, 0) is 13.5 Å². The van der Waals surface area contributed by atoms with Crippen LogP contribution in [0.5, 0.6) is 5.75 Å². The monoisotopic (exact) mass is 494 g/mol. The second-order valence-corrected chi connectivity index (χ2v) is 9.55. The van der Waals surface area contributed by atoms with Crippen LogP contribution in [-0.4, -0.2) is 60.0 Å². The maximum atomic E-state index is 6.34. The first-order valence-corrected chi connectivity index (χ1v) is 12.5. The maximum Gasteiger partial charge on any atom is 0.165 e. The lowest BCUT2D eigenvalue weighted by Crippen LogP contribution is -2.35. The number of fused-ring (bicyclic) bond motifs is 1. The van der Waals surface area contributed by atoms with Gasteiger partial charge >= 0.3 is 0 Å². The van der Waals surface area contributed by atoms with Gasteiger partial charge < -0.3 is 10.5 Å². The number of hydrogen-bond acceptors (Lipinski definition) is 7. The number of unbranched alkanes of at least 4 members (excludes halogenated alkanes) is 1. The van der Waals surface area contributed by atoms with Crippen LogP contribution in [0.2, 0.25) is 5.15 Å². The minimum atomic E-state index is 0.413. The zero-order valence-electron chi connectivity index (χ0n) is 20.2. The largest absolute Gasteiger partial charge is 0.488 e. The van der Waals surface area contributed by atoms with Crippen molar-refractivity contribution in [2.24, 2.45) is 7.05 Å². The van der Waals surface area contributed by atoms with E-state index in [4.69, 9.17) is 22.1 Å². The number of pyridine rings is 1. The molecular weight excluding hydrogens is 464 g/mol. The van der Waals surface area contributed by atoms with Gasteiger partial charge in [-0.15, -0.1) is 0 Å². The van der Waals surface area contributed by atoms with Gasteiger partial charge in [0.2, 0.25) is 0 Å². The first kappa shape index (κ1) is 23.6. The standard InChI is InChI=1S/C25H31ClN8O/c1-17-29-19(13-23(26)30-17)6-3-4-9-33-10-5-7-20(33)16-35-22-15-28-32(2)25(22)18-8-11-34-21(12-18)14-24(27)31-34/h8,11-15,20H,3-7,9-10,16H2,1-2H3,(H2,27,31)/t20-/m1/s1. The number of nitrogens with zero attached hydrogens (tertiary/aromatic N) is 7. The lowest BCUT2D eigenvalue weighted by atomic mass is 10.1. The van der Waals surface area contributed by atoms with Crippen LogP contribution in [0.4, 0.5) is 5.82 Å². The van der Waals surface area contributed by atoms with E-state index in [0.717, 1.165) is 72.8 Å². The molecule has 0 radical (unpaired) electrons. The summed E-state index contributed by atoms with van der Waals surface area (Å²) in [5.41, 5.74) is 9.78. The molecule has 10 heteroatoms. The zero-order chi connectivity index (χ0) is 24.4. The number of nitrogen functional groups attached to an aromatic ring is 1. The van der Waals surface area contributed by atoms with Gasteiger partial charge in [0.1, 0.15) is 29.1 Å². The van der Waals surface area contributed by atoms with Crippen molar-refractivity contribution in [2.75, 3.05) is 25.4 Å². The summed E-state index contributed by atoms with van der Waals surface area (Å²) in [5.74, 6) is 2.03. The van der Waals surface area contributed by atoms with Gasteiger partial charge in [-0.3, -0.25) is 9.58 Å². The summed E-state index contributed by atoms with van der Waals surface area (Å²) in [6.45, 7) is 4.71. The van der Waals surface area contributed by atoms with E-state index in [9.17, 15) is 0 Å². The van der Waals surface area contributed by atoms with Gasteiger partial charge in [-0.1, -0.05) is 11.6 Å². The second-order valence-electron chi connectivity index (χ2n) is 9.16. The van der Waals surface area contributed by atoms with Crippen molar-refractivity contribution in [3.8, 4) is 17.0 Å². The fourth-order valence-electron chi connectivity index (χ4n) is 4.92. The fraction of sp³-hybridized carbons (Fsp3) is 0.440. The highest BCUT2D eigenvalue weighted by molar-refractivity contribution is 6.29. The fourth-order valence-corrected chi connectivity index (χ4v) is 5.16. The lowest BCUT2D eigenvalue weighted by molar-refractivity contribution is 0.171. The Hall–Kier alpha value is -3.17. The molecule has 4 aromatic rings. The molecule has 35 heavy (non-hydrogen) atoms. The summed E-state index contributed by atoms with van der Waals surface area (Å²) in [7, 11) is 1.94. The average Bonchev–Trinajstić information content (AvgIpc) is 3.51.